The molecule has 1 N–H and O–H groups in total. The lowest BCUT2D eigenvalue weighted by molar-refractivity contribution is 0.0701. The summed E-state index contributed by atoms with van der Waals surface area (Å²) in [5.74, 6) is 1.05. The van der Waals surface area contributed by atoms with Gasteiger partial charge in [-0.25, -0.2) is 4.79 Å². The van der Waals surface area contributed by atoms with Crippen molar-refractivity contribution in [3.05, 3.63) is 54.0 Å². The number of carbonyl (C=O) groups excluding carboxylic acids is 1. The number of hydrogen-bond donors (Lipinski definition) is 1. The Hall–Kier alpha value is -2.60. The Morgan fingerprint density at radius 2 is 2.04 bits per heavy atom. The highest BCUT2D eigenvalue weighted by Crippen LogP contribution is 2.14. The molecule has 0 radical (unpaired) electrons. The van der Waals surface area contributed by atoms with E-state index >= 15 is 0 Å². The van der Waals surface area contributed by atoms with Crippen molar-refractivity contribution in [2.45, 2.75) is 25.7 Å². The van der Waals surface area contributed by atoms with Crippen LogP contribution in [0.1, 0.15) is 41.8 Å². The number of carbonyl (C=O) groups is 1. The van der Waals surface area contributed by atoms with Crippen LogP contribution >= 0.6 is 12.4 Å². The lowest BCUT2D eigenvalue weighted by Gasteiger charge is -2.03. The molecule has 1 aliphatic heterocycles. The van der Waals surface area contributed by atoms with Gasteiger partial charge in [0.2, 0.25) is 5.76 Å². The predicted octanol–water partition coefficient (Wildman–Crippen LogP) is 3.82. The highest BCUT2D eigenvalue weighted by molar-refractivity contribution is 5.88. The number of ether oxygens (including phenoxy) is 1. The minimum absolute atomic E-state index is 0. The molecule has 0 saturated carbocycles. The minimum Gasteiger partial charge on any atom is -0.457 e. The minimum atomic E-state index is -0.519. The first kappa shape index (κ1) is 18.7. The molecule has 25 heavy (non-hydrogen) atoms. The van der Waals surface area contributed by atoms with E-state index in [-0.39, 0.29) is 18.2 Å². The van der Waals surface area contributed by atoms with Crippen LogP contribution in [0.4, 0.5) is 0 Å². The van der Waals surface area contributed by atoms with Crippen LogP contribution in [0.2, 0.25) is 0 Å². The van der Waals surface area contributed by atoms with E-state index in [1.54, 1.807) is 30.5 Å². The van der Waals surface area contributed by atoms with Gasteiger partial charge in [0.05, 0.1) is 12.5 Å². The molecule has 1 aromatic heterocycles. The molecule has 1 aromatic carbocycles. The zero-order chi connectivity index (χ0) is 16.6. The normalized spacial score (nSPS) is 14.3. The van der Waals surface area contributed by atoms with E-state index in [1.165, 1.54) is 12.7 Å². The first-order valence-corrected chi connectivity index (χ1v) is 7.99. The van der Waals surface area contributed by atoms with E-state index in [9.17, 15) is 4.79 Å². The summed E-state index contributed by atoms with van der Waals surface area (Å²) in [6.45, 7) is 0.869. The van der Waals surface area contributed by atoms with Crippen molar-refractivity contribution in [3.63, 3.8) is 0 Å². The number of benzene rings is 1. The number of nitrogens with zero attached hydrogens (tertiary/aromatic N) is 2. The molecule has 0 bridgehead atoms. The average molecular weight is 362 g/mol. The molecule has 2 heterocycles. The molecule has 3 rings (SSSR count). The van der Waals surface area contributed by atoms with Crippen LogP contribution in [0.5, 0.6) is 5.75 Å². The number of amidine groups is 1. The van der Waals surface area contributed by atoms with Gasteiger partial charge < -0.3 is 9.15 Å². The van der Waals surface area contributed by atoms with Crippen LogP contribution in [-0.4, -0.2) is 24.6 Å². The Labute approximate surface area is 152 Å². The van der Waals surface area contributed by atoms with Gasteiger partial charge in [-0.1, -0.05) is 6.42 Å². The summed E-state index contributed by atoms with van der Waals surface area (Å²) in [6.07, 6.45) is 7.60. The summed E-state index contributed by atoms with van der Waals surface area (Å²) in [5.41, 5.74) is 3.89. The third-order valence-corrected chi connectivity index (χ3v) is 3.59. The largest absolute Gasteiger partial charge is 0.457 e. The summed E-state index contributed by atoms with van der Waals surface area (Å²) >= 11 is 0. The van der Waals surface area contributed by atoms with Crippen LogP contribution < -0.4 is 10.2 Å². The second-order valence-corrected chi connectivity index (χ2v) is 5.44. The summed E-state index contributed by atoms with van der Waals surface area (Å²) < 4.78 is 10.2. The van der Waals surface area contributed by atoms with Gasteiger partial charge in [0.15, 0.2) is 0 Å². The molecular formula is C18H20ClN3O3. The van der Waals surface area contributed by atoms with Gasteiger partial charge >= 0.3 is 5.97 Å². The highest BCUT2D eigenvalue weighted by Gasteiger charge is 2.10. The van der Waals surface area contributed by atoms with Crippen LogP contribution in [0, 0.1) is 0 Å². The molecule has 0 aliphatic carbocycles. The summed E-state index contributed by atoms with van der Waals surface area (Å²) in [6, 6.07) is 10.3. The van der Waals surface area contributed by atoms with E-state index in [0.29, 0.717) is 5.75 Å². The van der Waals surface area contributed by atoms with Gasteiger partial charge in [-0.15, -0.1) is 12.4 Å². The Morgan fingerprint density at radius 1 is 1.20 bits per heavy atom. The summed E-state index contributed by atoms with van der Waals surface area (Å²) in [5, 5.41) is 4.21. The van der Waals surface area contributed by atoms with Crippen LogP contribution in [-0.2, 0) is 0 Å². The van der Waals surface area contributed by atoms with Gasteiger partial charge in [0, 0.05) is 13.0 Å². The standard InChI is InChI=1S/C18H19N3O3.ClH/c22-18(16-5-4-12-23-16)24-15-9-7-14(8-10-15)13-20-21-17-6-2-1-3-11-19-17;/h4-5,7-10,12-13H,1-3,6,11H2,(H,19,21);1H/b20-13+;. The van der Waals surface area contributed by atoms with Gasteiger partial charge in [0.1, 0.15) is 11.6 Å². The second-order valence-electron chi connectivity index (χ2n) is 5.44. The van der Waals surface area contributed by atoms with E-state index in [2.05, 4.69) is 15.5 Å². The van der Waals surface area contributed by atoms with Crippen molar-refractivity contribution in [2.75, 3.05) is 6.54 Å². The van der Waals surface area contributed by atoms with Crippen molar-refractivity contribution in [3.8, 4) is 5.75 Å². The smallest absolute Gasteiger partial charge is 0.379 e. The molecular weight excluding hydrogens is 342 g/mol. The topological polar surface area (TPSA) is 76.2 Å². The number of nitrogens with one attached hydrogen (secondary N) is 1. The Morgan fingerprint density at radius 3 is 2.80 bits per heavy atom. The maximum Gasteiger partial charge on any atom is 0.379 e. The number of halogens is 1. The third-order valence-electron chi connectivity index (χ3n) is 3.59. The van der Waals surface area contributed by atoms with E-state index in [4.69, 9.17) is 9.15 Å². The first-order chi connectivity index (χ1) is 11.8. The predicted molar refractivity (Wildman–Crippen MR) is 98.9 cm³/mol. The Bertz CT molecular complexity index is 725. The first-order valence-electron chi connectivity index (χ1n) is 7.99. The summed E-state index contributed by atoms with van der Waals surface area (Å²) in [7, 11) is 0. The molecule has 0 unspecified atom stereocenters. The fourth-order valence-corrected chi connectivity index (χ4v) is 2.32. The molecule has 0 saturated heterocycles. The fraction of sp³-hybridized carbons (Fsp3) is 0.278. The fourth-order valence-electron chi connectivity index (χ4n) is 2.32. The lowest BCUT2D eigenvalue weighted by atomic mass is 10.2. The average Bonchev–Trinajstić information content (AvgIpc) is 3.02. The zero-order valence-electron chi connectivity index (χ0n) is 13.7. The maximum absolute atomic E-state index is 11.8. The van der Waals surface area contributed by atoms with Crippen molar-refractivity contribution >= 4 is 30.4 Å². The Balaban J connectivity index is 0.00000225. The monoisotopic (exact) mass is 361 g/mol. The molecule has 2 aromatic rings. The van der Waals surface area contributed by atoms with Gasteiger partial charge in [-0.05, 0) is 54.8 Å². The van der Waals surface area contributed by atoms with Crippen molar-refractivity contribution in [1.82, 2.24) is 5.43 Å². The van der Waals surface area contributed by atoms with Gasteiger partial charge in [-0.2, -0.15) is 5.10 Å². The number of hydrogen-bond acceptors (Lipinski definition) is 6. The number of rotatable bonds is 4. The summed E-state index contributed by atoms with van der Waals surface area (Å²) in [4.78, 5) is 16.2. The molecule has 6 nitrogen and oxygen atoms in total. The Kier molecular flexibility index (Phi) is 7.22. The van der Waals surface area contributed by atoms with Crippen molar-refractivity contribution in [1.29, 1.82) is 0 Å². The quantitative estimate of drug-likeness (QED) is 0.389. The lowest BCUT2D eigenvalue weighted by Crippen LogP contribution is -2.17. The van der Waals surface area contributed by atoms with Crippen LogP contribution in [0.3, 0.4) is 0 Å². The number of hydrazone groups is 1. The molecule has 7 heteroatoms. The zero-order valence-corrected chi connectivity index (χ0v) is 14.5. The second kappa shape index (κ2) is 9.64. The molecule has 132 valence electrons. The molecule has 1 aliphatic rings. The van der Waals surface area contributed by atoms with Crippen molar-refractivity contribution < 1.29 is 13.9 Å². The van der Waals surface area contributed by atoms with Gasteiger partial charge in [-0.3, -0.25) is 10.4 Å². The van der Waals surface area contributed by atoms with Crippen LogP contribution in [0.15, 0.2) is 57.2 Å². The highest BCUT2D eigenvalue weighted by atomic mass is 35.5. The van der Waals surface area contributed by atoms with Crippen LogP contribution in [0.25, 0.3) is 0 Å². The molecule has 0 amide bonds. The number of furan rings is 1. The van der Waals surface area contributed by atoms with Gasteiger partial charge in [0.25, 0.3) is 0 Å². The van der Waals surface area contributed by atoms with E-state index in [0.717, 1.165) is 37.2 Å². The molecule has 0 spiro atoms. The maximum atomic E-state index is 11.8. The molecule has 0 fully saturated rings. The SMILES string of the molecule is Cl.O=C(Oc1ccc(/C=N/NC2=NCCCCC2)cc1)c1ccco1. The van der Waals surface area contributed by atoms with Crippen molar-refractivity contribution in [2.24, 2.45) is 10.1 Å². The number of esters is 1. The third kappa shape index (κ3) is 5.76. The van der Waals surface area contributed by atoms with E-state index in [1.807, 2.05) is 12.1 Å². The molecule has 0 atom stereocenters. The van der Waals surface area contributed by atoms with E-state index < -0.39 is 5.97 Å². The number of aliphatic imine (C=N–C) groups is 1.